The van der Waals surface area contributed by atoms with E-state index in [1.54, 1.807) is 31.3 Å². The van der Waals surface area contributed by atoms with Crippen molar-refractivity contribution in [1.29, 1.82) is 0 Å². The third-order valence-electron chi connectivity index (χ3n) is 5.86. The number of fused-ring (bicyclic) bond motifs is 2. The molecule has 0 saturated heterocycles. The minimum absolute atomic E-state index is 0.0862. The Kier molecular flexibility index (Phi) is 4.92. The molecule has 0 aromatic heterocycles. The summed E-state index contributed by atoms with van der Waals surface area (Å²) in [6.45, 7) is 0. The lowest BCUT2D eigenvalue weighted by atomic mass is 9.82. The Morgan fingerprint density at radius 2 is 1.66 bits per heavy atom. The summed E-state index contributed by atoms with van der Waals surface area (Å²) in [6, 6.07) is 15.9. The standard InChI is InChI=1S/C23H22N2O4/c1-25(18-8-3-2-4-9-18)22(27)16-6-5-7-17(13-16)24-21(26)19-14-10-11-15(12-14)20(19)23(28)29/h2-11,13-15,19-20H,12H2,1H3,(H,24,26)(H,28,29)/p-1/t14-,15+,19+,20+/m1/s1. The number of amides is 2. The average molecular weight is 389 g/mol. The Balaban J connectivity index is 1.51. The molecule has 1 N–H and O–H groups in total. The van der Waals surface area contributed by atoms with Gasteiger partial charge in [-0.05, 0) is 48.6 Å². The van der Waals surface area contributed by atoms with Crippen molar-refractivity contribution in [3.05, 3.63) is 72.3 Å². The van der Waals surface area contributed by atoms with Crippen molar-refractivity contribution in [2.45, 2.75) is 6.42 Å². The summed E-state index contributed by atoms with van der Waals surface area (Å²) in [6.07, 6.45) is 4.45. The molecule has 4 rings (SSSR count). The number of rotatable bonds is 5. The zero-order valence-electron chi connectivity index (χ0n) is 15.9. The number of carboxylic acids is 1. The first kappa shape index (κ1) is 18.9. The molecule has 2 aromatic carbocycles. The number of aliphatic carboxylic acids is 1. The van der Waals surface area contributed by atoms with Crippen molar-refractivity contribution in [1.82, 2.24) is 0 Å². The van der Waals surface area contributed by atoms with E-state index in [0.29, 0.717) is 17.7 Å². The highest BCUT2D eigenvalue weighted by atomic mass is 16.4. The van der Waals surface area contributed by atoms with Gasteiger partial charge in [-0.2, -0.15) is 0 Å². The van der Waals surface area contributed by atoms with Gasteiger partial charge in [0.15, 0.2) is 0 Å². The quantitative estimate of drug-likeness (QED) is 0.793. The van der Waals surface area contributed by atoms with Crippen molar-refractivity contribution < 1.29 is 19.5 Å². The van der Waals surface area contributed by atoms with Gasteiger partial charge in [0.2, 0.25) is 5.91 Å². The smallest absolute Gasteiger partial charge is 0.258 e. The molecule has 6 nitrogen and oxygen atoms in total. The minimum atomic E-state index is -1.18. The molecule has 1 saturated carbocycles. The van der Waals surface area contributed by atoms with E-state index in [0.717, 1.165) is 5.69 Å². The first-order valence-corrected chi connectivity index (χ1v) is 9.59. The van der Waals surface area contributed by atoms with Gasteiger partial charge in [-0.3, -0.25) is 9.59 Å². The lowest BCUT2D eigenvalue weighted by Crippen LogP contribution is -2.42. The predicted octanol–water partition coefficient (Wildman–Crippen LogP) is 2.09. The van der Waals surface area contributed by atoms with Gasteiger partial charge in [0.05, 0.1) is 5.92 Å². The van der Waals surface area contributed by atoms with Crippen LogP contribution in [-0.4, -0.2) is 24.8 Å². The van der Waals surface area contributed by atoms with E-state index in [1.807, 2.05) is 42.5 Å². The van der Waals surface area contributed by atoms with Crippen LogP contribution in [0.3, 0.4) is 0 Å². The molecular weight excluding hydrogens is 368 g/mol. The number of benzene rings is 2. The number of carbonyl (C=O) groups excluding carboxylic acids is 3. The molecule has 0 aliphatic heterocycles. The summed E-state index contributed by atoms with van der Waals surface area (Å²) in [5, 5.41) is 14.3. The molecule has 0 unspecified atom stereocenters. The number of carbonyl (C=O) groups is 3. The summed E-state index contributed by atoms with van der Waals surface area (Å²) < 4.78 is 0. The summed E-state index contributed by atoms with van der Waals surface area (Å²) in [5.41, 5.74) is 1.65. The van der Waals surface area contributed by atoms with Gasteiger partial charge >= 0.3 is 0 Å². The van der Waals surface area contributed by atoms with Gasteiger partial charge in [0, 0.05) is 35.9 Å². The zero-order valence-corrected chi connectivity index (χ0v) is 15.9. The summed E-state index contributed by atoms with van der Waals surface area (Å²) in [5.74, 6) is -3.43. The molecule has 2 amide bonds. The van der Waals surface area contributed by atoms with Crippen LogP contribution in [-0.2, 0) is 9.59 Å². The van der Waals surface area contributed by atoms with E-state index in [1.165, 1.54) is 4.90 Å². The van der Waals surface area contributed by atoms with Crippen LogP contribution >= 0.6 is 0 Å². The number of nitrogens with one attached hydrogen (secondary N) is 1. The van der Waals surface area contributed by atoms with Crippen LogP contribution in [0, 0.1) is 23.7 Å². The maximum absolute atomic E-state index is 12.8. The number of allylic oxidation sites excluding steroid dienone is 2. The summed E-state index contributed by atoms with van der Waals surface area (Å²) >= 11 is 0. The van der Waals surface area contributed by atoms with Gasteiger partial charge in [0.1, 0.15) is 0 Å². The number of carboxylic acid groups (broad SMARTS) is 1. The van der Waals surface area contributed by atoms with Crippen LogP contribution in [0.25, 0.3) is 0 Å². The second-order valence-corrected chi connectivity index (χ2v) is 7.59. The number of hydrogen-bond donors (Lipinski definition) is 1. The third-order valence-corrected chi connectivity index (χ3v) is 5.86. The Morgan fingerprint density at radius 1 is 0.966 bits per heavy atom. The SMILES string of the molecule is CN(C(=O)c1cccc(NC(=O)[C@@H]2[C@@H](C(=O)[O-])[C@H]3C=C[C@@H]2C3)c1)c1ccccc1. The monoisotopic (exact) mass is 389 g/mol. The fourth-order valence-corrected chi connectivity index (χ4v) is 4.42. The van der Waals surface area contributed by atoms with E-state index in [2.05, 4.69) is 5.32 Å². The highest BCUT2D eigenvalue weighted by Crippen LogP contribution is 2.48. The molecule has 148 valence electrons. The van der Waals surface area contributed by atoms with Gasteiger partial charge < -0.3 is 20.1 Å². The normalized spacial score (nSPS) is 24.3. The number of anilines is 2. The zero-order chi connectivity index (χ0) is 20.5. The maximum atomic E-state index is 12.8. The van der Waals surface area contributed by atoms with Crippen LogP contribution in [0.4, 0.5) is 11.4 Å². The first-order chi connectivity index (χ1) is 14.0. The molecule has 2 aromatic rings. The summed E-state index contributed by atoms with van der Waals surface area (Å²) in [7, 11) is 1.69. The molecule has 6 heteroatoms. The Bertz CT molecular complexity index is 985. The lowest BCUT2D eigenvalue weighted by molar-refractivity contribution is -0.313. The fourth-order valence-electron chi connectivity index (χ4n) is 4.42. The molecule has 4 atom stereocenters. The van der Waals surface area contributed by atoms with Crippen molar-refractivity contribution in [3.63, 3.8) is 0 Å². The van der Waals surface area contributed by atoms with Gasteiger partial charge in [-0.1, -0.05) is 36.4 Å². The molecule has 2 aliphatic rings. The van der Waals surface area contributed by atoms with Crippen molar-refractivity contribution in [3.8, 4) is 0 Å². The highest BCUT2D eigenvalue weighted by molar-refractivity contribution is 6.06. The van der Waals surface area contributed by atoms with E-state index in [4.69, 9.17) is 0 Å². The van der Waals surface area contributed by atoms with E-state index in [-0.39, 0.29) is 23.7 Å². The van der Waals surface area contributed by atoms with Crippen molar-refractivity contribution in [2.24, 2.45) is 23.7 Å². The Morgan fingerprint density at radius 3 is 2.34 bits per heavy atom. The van der Waals surface area contributed by atoms with E-state index in [9.17, 15) is 19.5 Å². The lowest BCUT2D eigenvalue weighted by Gasteiger charge is -2.27. The third kappa shape index (κ3) is 3.53. The second-order valence-electron chi connectivity index (χ2n) is 7.59. The Labute approximate surface area is 168 Å². The molecule has 2 bridgehead atoms. The van der Waals surface area contributed by atoms with Crippen molar-refractivity contribution >= 4 is 29.2 Å². The Hall–Kier alpha value is -3.41. The van der Waals surface area contributed by atoms with Crippen LogP contribution < -0.4 is 15.3 Å². The van der Waals surface area contributed by atoms with Gasteiger partial charge in [-0.15, -0.1) is 0 Å². The molecule has 1 fully saturated rings. The molecule has 0 spiro atoms. The largest absolute Gasteiger partial charge is 0.550 e. The van der Waals surface area contributed by atoms with Crippen LogP contribution in [0.15, 0.2) is 66.7 Å². The highest BCUT2D eigenvalue weighted by Gasteiger charge is 2.48. The fraction of sp³-hybridized carbons (Fsp3) is 0.261. The number of nitrogens with zero attached hydrogens (tertiary/aromatic N) is 1. The molecule has 29 heavy (non-hydrogen) atoms. The summed E-state index contributed by atoms with van der Waals surface area (Å²) in [4.78, 5) is 38.7. The molecule has 0 radical (unpaired) electrons. The maximum Gasteiger partial charge on any atom is 0.258 e. The number of para-hydroxylation sites is 1. The van der Waals surface area contributed by atoms with Crippen LogP contribution in [0.2, 0.25) is 0 Å². The van der Waals surface area contributed by atoms with Crippen LogP contribution in [0.1, 0.15) is 16.8 Å². The van der Waals surface area contributed by atoms with Crippen LogP contribution in [0.5, 0.6) is 0 Å². The molecule has 2 aliphatic carbocycles. The predicted molar refractivity (Wildman–Crippen MR) is 107 cm³/mol. The second kappa shape index (κ2) is 7.54. The van der Waals surface area contributed by atoms with E-state index >= 15 is 0 Å². The molecular formula is C23H21N2O4-. The van der Waals surface area contributed by atoms with Gasteiger partial charge in [-0.25, -0.2) is 0 Å². The topological polar surface area (TPSA) is 89.5 Å². The van der Waals surface area contributed by atoms with Gasteiger partial charge in [0.25, 0.3) is 5.91 Å². The van der Waals surface area contributed by atoms with Crippen molar-refractivity contribution in [2.75, 3.05) is 17.3 Å². The van der Waals surface area contributed by atoms with E-state index < -0.39 is 17.8 Å². The first-order valence-electron chi connectivity index (χ1n) is 9.59. The molecule has 0 heterocycles. The number of hydrogen-bond acceptors (Lipinski definition) is 4. The minimum Gasteiger partial charge on any atom is -0.550 e. The average Bonchev–Trinajstić information content (AvgIpc) is 3.35.